The minimum absolute atomic E-state index is 0.0976. The molecule has 3 aromatic rings. The van der Waals surface area contributed by atoms with Gasteiger partial charge in [-0.2, -0.15) is 0 Å². The fraction of sp³-hybridized carbons (Fsp3) is 0.364. The average Bonchev–Trinajstić information content (AvgIpc) is 2.98. The normalized spacial score (nSPS) is 14.2. The summed E-state index contributed by atoms with van der Waals surface area (Å²) < 4.78 is 13.9. The van der Waals surface area contributed by atoms with E-state index in [1.165, 1.54) is 0 Å². The number of aryl methyl sites for hydroxylation is 2. The Morgan fingerprint density at radius 3 is 2.33 bits per heavy atom. The second-order valence-corrected chi connectivity index (χ2v) is 7.43. The van der Waals surface area contributed by atoms with Crippen LogP contribution in [0, 0.1) is 0 Å². The summed E-state index contributed by atoms with van der Waals surface area (Å²) >= 11 is 0. The van der Waals surface area contributed by atoms with Gasteiger partial charge in [0.25, 0.3) is 0 Å². The topological polar surface area (TPSA) is 77.7 Å². The molecule has 0 saturated carbocycles. The molecule has 8 nitrogen and oxygen atoms in total. The number of benzene rings is 2. The minimum Gasteiger partial charge on any atom is -0.497 e. The zero-order chi connectivity index (χ0) is 21.3. The number of hydrogen-bond acceptors (Lipinski definition) is 5. The van der Waals surface area contributed by atoms with Crippen LogP contribution >= 0.6 is 0 Å². The van der Waals surface area contributed by atoms with Crippen molar-refractivity contribution in [3.63, 3.8) is 0 Å². The molecule has 0 unspecified atom stereocenters. The van der Waals surface area contributed by atoms with Crippen molar-refractivity contribution in [1.29, 1.82) is 0 Å². The zero-order valence-corrected chi connectivity index (χ0v) is 17.5. The molecule has 4 rings (SSSR count). The fourth-order valence-corrected chi connectivity index (χ4v) is 3.82. The third kappa shape index (κ3) is 3.78. The van der Waals surface area contributed by atoms with E-state index in [9.17, 15) is 9.59 Å². The summed E-state index contributed by atoms with van der Waals surface area (Å²) in [5.74, 6) is 0.638. The van der Waals surface area contributed by atoms with Gasteiger partial charge >= 0.3 is 5.69 Å². The van der Waals surface area contributed by atoms with Crippen molar-refractivity contribution in [2.45, 2.75) is 6.42 Å². The molecule has 1 amide bonds. The molecule has 0 spiro atoms. The van der Waals surface area contributed by atoms with Gasteiger partial charge in [0.05, 0.1) is 49.2 Å². The van der Waals surface area contributed by atoms with Gasteiger partial charge in [0.2, 0.25) is 5.91 Å². The second kappa shape index (κ2) is 8.23. The number of rotatable bonds is 5. The van der Waals surface area contributed by atoms with Gasteiger partial charge < -0.3 is 19.7 Å². The van der Waals surface area contributed by atoms with Crippen LogP contribution in [-0.4, -0.2) is 48.5 Å². The molecule has 1 N–H and O–H groups in total. The summed E-state index contributed by atoms with van der Waals surface area (Å²) in [6.45, 7) is 2.72. The van der Waals surface area contributed by atoms with Crippen LogP contribution in [0.5, 0.6) is 5.75 Å². The maximum atomic E-state index is 12.8. The summed E-state index contributed by atoms with van der Waals surface area (Å²) in [7, 11) is 5.11. The number of fused-ring (bicyclic) bond motifs is 1. The molecule has 30 heavy (non-hydrogen) atoms. The van der Waals surface area contributed by atoms with E-state index in [1.54, 1.807) is 30.3 Å². The summed E-state index contributed by atoms with van der Waals surface area (Å²) in [5.41, 5.74) is 4.00. The zero-order valence-electron chi connectivity index (χ0n) is 17.5. The van der Waals surface area contributed by atoms with Gasteiger partial charge in [-0.15, -0.1) is 0 Å². The number of ether oxygens (including phenoxy) is 2. The summed E-state index contributed by atoms with van der Waals surface area (Å²) in [4.78, 5) is 27.4. The number of nitrogens with one attached hydrogen (secondary N) is 1. The highest BCUT2D eigenvalue weighted by Crippen LogP contribution is 2.32. The first-order valence-corrected chi connectivity index (χ1v) is 9.93. The number of methoxy groups -OCH3 is 1. The Morgan fingerprint density at radius 1 is 1.07 bits per heavy atom. The predicted octanol–water partition coefficient (Wildman–Crippen LogP) is 1.90. The van der Waals surface area contributed by atoms with Crippen LogP contribution in [0.3, 0.4) is 0 Å². The number of carbonyl (C=O) groups is 1. The molecule has 0 aliphatic carbocycles. The first kappa shape index (κ1) is 20.0. The molecule has 1 aromatic heterocycles. The number of nitrogens with zero attached hydrogens (tertiary/aromatic N) is 3. The number of morpholine rings is 1. The Labute approximate surface area is 174 Å². The monoisotopic (exact) mass is 410 g/mol. The Hall–Kier alpha value is -3.26. The van der Waals surface area contributed by atoms with Crippen molar-refractivity contribution < 1.29 is 14.3 Å². The maximum Gasteiger partial charge on any atom is 0.328 e. The molecule has 2 heterocycles. The molecule has 0 bridgehead atoms. The van der Waals surface area contributed by atoms with E-state index in [2.05, 4.69) is 10.2 Å². The van der Waals surface area contributed by atoms with Gasteiger partial charge in [-0.3, -0.25) is 13.9 Å². The summed E-state index contributed by atoms with van der Waals surface area (Å²) in [6, 6.07) is 11.3. The first-order chi connectivity index (χ1) is 14.5. The number of aromatic nitrogens is 2. The first-order valence-electron chi connectivity index (χ1n) is 9.93. The van der Waals surface area contributed by atoms with Crippen LogP contribution in [0.2, 0.25) is 0 Å². The highest BCUT2D eigenvalue weighted by Gasteiger charge is 2.20. The molecule has 1 aliphatic heterocycles. The number of amides is 1. The van der Waals surface area contributed by atoms with E-state index in [1.807, 2.05) is 36.4 Å². The van der Waals surface area contributed by atoms with E-state index >= 15 is 0 Å². The van der Waals surface area contributed by atoms with Gasteiger partial charge in [-0.05, 0) is 29.8 Å². The van der Waals surface area contributed by atoms with Crippen LogP contribution in [0.4, 0.5) is 11.4 Å². The van der Waals surface area contributed by atoms with Gasteiger partial charge in [0.1, 0.15) is 5.75 Å². The lowest BCUT2D eigenvalue weighted by molar-refractivity contribution is -0.115. The summed E-state index contributed by atoms with van der Waals surface area (Å²) in [5, 5.41) is 3.06. The predicted molar refractivity (Wildman–Crippen MR) is 117 cm³/mol. The van der Waals surface area contributed by atoms with Crippen molar-refractivity contribution in [2.24, 2.45) is 14.1 Å². The number of carbonyl (C=O) groups excluding carboxylic acids is 1. The lowest BCUT2D eigenvalue weighted by atomic mass is 10.1. The third-order valence-corrected chi connectivity index (χ3v) is 5.54. The largest absolute Gasteiger partial charge is 0.497 e. The van der Waals surface area contributed by atoms with E-state index in [-0.39, 0.29) is 18.0 Å². The molecular weight excluding hydrogens is 384 g/mol. The fourth-order valence-electron chi connectivity index (χ4n) is 3.82. The van der Waals surface area contributed by atoms with Crippen LogP contribution in [0.25, 0.3) is 11.0 Å². The van der Waals surface area contributed by atoms with E-state index < -0.39 is 0 Å². The molecule has 1 aliphatic rings. The van der Waals surface area contributed by atoms with Crippen LogP contribution in [0.1, 0.15) is 5.56 Å². The van der Waals surface area contributed by atoms with Crippen molar-refractivity contribution in [1.82, 2.24) is 9.13 Å². The Kier molecular flexibility index (Phi) is 5.50. The van der Waals surface area contributed by atoms with E-state index in [0.29, 0.717) is 18.9 Å². The Bertz CT molecular complexity index is 1120. The number of anilines is 2. The standard InChI is InChI=1S/C22H26N4O4/c1-24-19-13-17(23-21(27)12-15-4-6-16(29-3)7-5-15)18(26-8-10-30-11-9-26)14-20(19)25(2)22(24)28/h4-7,13-14H,8-12H2,1-3H3,(H,23,27). The molecule has 0 radical (unpaired) electrons. The average molecular weight is 410 g/mol. The molecular formula is C22H26N4O4. The van der Waals surface area contributed by atoms with Crippen molar-refractivity contribution >= 4 is 28.3 Å². The quantitative estimate of drug-likeness (QED) is 0.695. The van der Waals surface area contributed by atoms with Crippen LogP contribution in [-0.2, 0) is 30.0 Å². The molecule has 0 atom stereocenters. The highest BCUT2D eigenvalue weighted by molar-refractivity contribution is 5.99. The van der Waals surface area contributed by atoms with Crippen LogP contribution < -0.4 is 20.6 Å². The number of hydrogen-bond donors (Lipinski definition) is 1. The van der Waals surface area contributed by atoms with E-state index in [4.69, 9.17) is 9.47 Å². The molecule has 2 aromatic carbocycles. The minimum atomic E-state index is -0.116. The van der Waals surface area contributed by atoms with E-state index in [0.717, 1.165) is 41.1 Å². The van der Waals surface area contributed by atoms with Crippen molar-refractivity contribution in [3.8, 4) is 5.75 Å². The van der Waals surface area contributed by atoms with Gasteiger partial charge in [0.15, 0.2) is 0 Å². The molecule has 1 saturated heterocycles. The Morgan fingerprint density at radius 2 is 1.70 bits per heavy atom. The van der Waals surface area contributed by atoms with Gasteiger partial charge in [-0.25, -0.2) is 4.79 Å². The smallest absolute Gasteiger partial charge is 0.328 e. The maximum absolute atomic E-state index is 12.8. The third-order valence-electron chi connectivity index (χ3n) is 5.54. The molecule has 8 heteroatoms. The van der Waals surface area contributed by atoms with Crippen LogP contribution in [0.15, 0.2) is 41.2 Å². The SMILES string of the molecule is COc1ccc(CC(=O)Nc2cc3c(cc2N2CCOCC2)n(C)c(=O)n3C)cc1. The number of imidazole rings is 1. The van der Waals surface area contributed by atoms with Gasteiger partial charge in [-0.1, -0.05) is 12.1 Å². The lowest BCUT2D eigenvalue weighted by Gasteiger charge is -2.30. The second-order valence-electron chi connectivity index (χ2n) is 7.43. The molecule has 1 fully saturated rings. The van der Waals surface area contributed by atoms with Crippen molar-refractivity contribution in [3.05, 3.63) is 52.4 Å². The molecule has 158 valence electrons. The summed E-state index contributed by atoms with van der Waals surface area (Å²) in [6.07, 6.45) is 0.248. The Balaban J connectivity index is 1.67. The van der Waals surface area contributed by atoms with Gasteiger partial charge in [0, 0.05) is 27.2 Å². The lowest BCUT2D eigenvalue weighted by Crippen LogP contribution is -2.36. The van der Waals surface area contributed by atoms with Crippen molar-refractivity contribution in [2.75, 3.05) is 43.6 Å². The highest BCUT2D eigenvalue weighted by atomic mass is 16.5.